The van der Waals surface area contributed by atoms with E-state index in [1.165, 1.54) is 77.0 Å². The van der Waals surface area contributed by atoms with E-state index in [0.29, 0.717) is 17.3 Å². The highest BCUT2D eigenvalue weighted by Crippen LogP contribution is 2.67. The number of unbranched alkanes of at least 4 members (excludes halogenated alkanes) is 4. The fraction of sp³-hybridized carbons (Fsp3) is 0.914. The van der Waals surface area contributed by atoms with Gasteiger partial charge in [0.2, 0.25) is 0 Å². The van der Waals surface area contributed by atoms with E-state index in [9.17, 15) is 4.79 Å². The van der Waals surface area contributed by atoms with Crippen molar-refractivity contribution in [3.63, 3.8) is 0 Å². The number of esters is 1. The van der Waals surface area contributed by atoms with E-state index in [2.05, 4.69) is 47.6 Å². The Morgan fingerprint density at radius 3 is 2.49 bits per heavy atom. The average molecular weight is 513 g/mol. The number of hydrogen-bond donors (Lipinski definition) is 0. The Hall–Kier alpha value is -0.790. The molecule has 4 rings (SSSR count). The molecule has 0 heterocycles. The largest absolute Gasteiger partial charge is 0.462 e. The van der Waals surface area contributed by atoms with Crippen LogP contribution in [-0.4, -0.2) is 12.1 Å². The first-order valence-electron chi connectivity index (χ1n) is 16.6. The van der Waals surface area contributed by atoms with Crippen LogP contribution in [-0.2, 0) is 9.53 Å². The average Bonchev–Trinajstić information content (AvgIpc) is 3.21. The molecule has 0 unspecified atom stereocenters. The number of fused-ring (bicyclic) bond motifs is 5. The van der Waals surface area contributed by atoms with Crippen molar-refractivity contribution in [1.29, 1.82) is 0 Å². The van der Waals surface area contributed by atoms with Crippen molar-refractivity contribution in [2.75, 3.05) is 0 Å². The molecule has 4 aliphatic rings. The zero-order valence-electron chi connectivity index (χ0n) is 25.5. The van der Waals surface area contributed by atoms with Gasteiger partial charge in [-0.15, -0.1) is 0 Å². The van der Waals surface area contributed by atoms with Crippen LogP contribution >= 0.6 is 0 Å². The quantitative estimate of drug-likeness (QED) is 0.148. The van der Waals surface area contributed by atoms with Gasteiger partial charge >= 0.3 is 5.97 Å². The van der Waals surface area contributed by atoms with Crippen LogP contribution in [0.15, 0.2) is 11.6 Å². The van der Waals surface area contributed by atoms with E-state index in [-0.39, 0.29) is 12.1 Å². The van der Waals surface area contributed by atoms with Gasteiger partial charge in [0.15, 0.2) is 0 Å². The molecule has 2 nitrogen and oxygen atoms in total. The zero-order valence-corrected chi connectivity index (χ0v) is 25.5. The summed E-state index contributed by atoms with van der Waals surface area (Å²) in [7, 11) is 0. The van der Waals surface area contributed by atoms with Gasteiger partial charge in [-0.25, -0.2) is 0 Å². The van der Waals surface area contributed by atoms with Gasteiger partial charge in [-0.1, -0.05) is 98.1 Å². The van der Waals surface area contributed by atoms with Crippen LogP contribution in [0.25, 0.3) is 0 Å². The maximum atomic E-state index is 12.5. The van der Waals surface area contributed by atoms with Crippen LogP contribution in [0.5, 0.6) is 0 Å². The van der Waals surface area contributed by atoms with Crippen LogP contribution in [0.2, 0.25) is 0 Å². The summed E-state index contributed by atoms with van der Waals surface area (Å²) in [4.78, 5) is 12.5. The molecule has 0 aromatic carbocycles. The Morgan fingerprint density at radius 2 is 1.73 bits per heavy atom. The van der Waals surface area contributed by atoms with Crippen LogP contribution in [0.1, 0.15) is 151 Å². The third-order valence-electron chi connectivity index (χ3n) is 12.0. The van der Waals surface area contributed by atoms with Crippen LogP contribution in [0, 0.1) is 46.3 Å². The third kappa shape index (κ3) is 6.35. The molecule has 212 valence electrons. The first kappa shape index (κ1) is 29.2. The Labute approximate surface area is 230 Å². The minimum Gasteiger partial charge on any atom is -0.462 e. The van der Waals surface area contributed by atoms with Crippen molar-refractivity contribution < 1.29 is 9.53 Å². The molecular weight excluding hydrogens is 452 g/mol. The summed E-state index contributed by atoms with van der Waals surface area (Å²) in [5.41, 5.74) is 2.54. The molecule has 2 heteroatoms. The maximum absolute atomic E-state index is 12.5. The zero-order chi connectivity index (χ0) is 26.6. The van der Waals surface area contributed by atoms with Gasteiger partial charge in [0.05, 0.1) is 0 Å². The predicted octanol–water partition coefficient (Wildman–Crippen LogP) is 10.3. The Bertz CT molecular complexity index is 782. The predicted molar refractivity (Wildman–Crippen MR) is 156 cm³/mol. The number of carbonyl (C=O) groups is 1. The van der Waals surface area contributed by atoms with Gasteiger partial charge in [-0.2, -0.15) is 0 Å². The van der Waals surface area contributed by atoms with Gasteiger partial charge < -0.3 is 4.74 Å². The fourth-order valence-corrected chi connectivity index (χ4v) is 9.87. The van der Waals surface area contributed by atoms with E-state index in [4.69, 9.17) is 4.74 Å². The highest BCUT2D eigenvalue weighted by atomic mass is 16.5. The number of carbonyl (C=O) groups excluding carboxylic acids is 1. The van der Waals surface area contributed by atoms with E-state index < -0.39 is 0 Å². The molecule has 0 N–H and O–H groups in total. The second kappa shape index (κ2) is 12.6. The van der Waals surface area contributed by atoms with E-state index >= 15 is 0 Å². The molecule has 0 aromatic heterocycles. The Kier molecular flexibility index (Phi) is 9.94. The second-order valence-electron chi connectivity index (χ2n) is 14.8. The molecule has 0 bridgehead atoms. The Balaban J connectivity index is 1.34. The van der Waals surface area contributed by atoms with Crippen molar-refractivity contribution >= 4 is 5.97 Å². The van der Waals surface area contributed by atoms with Crippen LogP contribution in [0.4, 0.5) is 0 Å². The molecule has 0 amide bonds. The molecular formula is C35H60O2. The lowest BCUT2D eigenvalue weighted by Crippen LogP contribution is -2.51. The van der Waals surface area contributed by atoms with Crippen LogP contribution < -0.4 is 0 Å². The first-order valence-corrected chi connectivity index (χ1v) is 16.6. The molecule has 4 aliphatic carbocycles. The molecule has 3 saturated carbocycles. The van der Waals surface area contributed by atoms with Gasteiger partial charge in [0, 0.05) is 12.8 Å². The van der Waals surface area contributed by atoms with E-state index in [1.807, 2.05) is 0 Å². The molecule has 0 aliphatic heterocycles. The lowest BCUT2D eigenvalue weighted by atomic mass is 9.47. The highest BCUT2D eigenvalue weighted by molar-refractivity contribution is 5.69. The number of ether oxygens (including phenoxy) is 1. The minimum absolute atomic E-state index is 0.0485. The summed E-state index contributed by atoms with van der Waals surface area (Å²) >= 11 is 0. The van der Waals surface area contributed by atoms with Crippen molar-refractivity contribution in [3.8, 4) is 0 Å². The molecule has 0 aromatic rings. The molecule has 3 fully saturated rings. The maximum Gasteiger partial charge on any atom is 0.306 e. The molecule has 0 radical (unpaired) electrons. The standard InChI is InChI=1S/C35H60O2/c1-7-8-9-10-11-15-33(36)37-28-20-22-34(5)27(24-28)16-17-29-31-19-18-30(26(4)14-12-13-25(2)3)35(31,6)23-21-32(29)34/h16,25-26,28-32H,7-15,17-24H2,1-6H3/t26-,28-,29+,30-,31+,32+,34-,35-/m0/s1. The summed E-state index contributed by atoms with van der Waals surface area (Å²) in [6.45, 7) is 14.9. The Morgan fingerprint density at radius 1 is 0.946 bits per heavy atom. The molecule has 0 spiro atoms. The minimum atomic E-state index is 0.0485. The van der Waals surface area contributed by atoms with Crippen molar-refractivity contribution in [3.05, 3.63) is 11.6 Å². The summed E-state index contributed by atoms with van der Waals surface area (Å²) in [6, 6.07) is 0. The van der Waals surface area contributed by atoms with Gasteiger partial charge in [0.25, 0.3) is 0 Å². The van der Waals surface area contributed by atoms with Gasteiger partial charge in [-0.3, -0.25) is 4.79 Å². The van der Waals surface area contributed by atoms with Crippen molar-refractivity contribution in [1.82, 2.24) is 0 Å². The lowest BCUT2D eigenvalue weighted by Gasteiger charge is -2.58. The molecule has 8 atom stereocenters. The topological polar surface area (TPSA) is 26.3 Å². The third-order valence-corrected chi connectivity index (χ3v) is 12.0. The SMILES string of the molecule is CCCCCCCC(=O)O[C@H]1CC[C@@]2(C)C(=CC[C@@H]3[C@H]4CC[C@@H]([C@@H](C)CCCC(C)C)[C@]4(C)CC[C@H]32)C1. The summed E-state index contributed by atoms with van der Waals surface area (Å²) in [6.07, 6.45) is 23.9. The molecule has 0 saturated heterocycles. The number of hydrogen-bond acceptors (Lipinski definition) is 2. The monoisotopic (exact) mass is 512 g/mol. The summed E-state index contributed by atoms with van der Waals surface area (Å²) in [5, 5.41) is 0. The lowest BCUT2D eigenvalue weighted by molar-refractivity contribution is -0.151. The normalized spacial score (nSPS) is 37.9. The number of allylic oxidation sites excluding steroid dienone is 1. The molecule has 37 heavy (non-hydrogen) atoms. The first-order chi connectivity index (χ1) is 17.7. The highest BCUT2D eigenvalue weighted by Gasteiger charge is 2.59. The summed E-state index contributed by atoms with van der Waals surface area (Å²) in [5.74, 6) is 5.34. The van der Waals surface area contributed by atoms with Gasteiger partial charge in [0.1, 0.15) is 6.10 Å². The van der Waals surface area contributed by atoms with Crippen molar-refractivity contribution in [2.45, 2.75) is 157 Å². The number of rotatable bonds is 12. The fourth-order valence-electron chi connectivity index (χ4n) is 9.87. The second-order valence-corrected chi connectivity index (χ2v) is 14.8. The van der Waals surface area contributed by atoms with E-state index in [1.54, 1.807) is 5.57 Å². The van der Waals surface area contributed by atoms with Crippen LogP contribution in [0.3, 0.4) is 0 Å². The summed E-state index contributed by atoms with van der Waals surface area (Å²) < 4.78 is 6.02. The van der Waals surface area contributed by atoms with E-state index in [0.717, 1.165) is 61.2 Å². The van der Waals surface area contributed by atoms with Gasteiger partial charge in [-0.05, 0) is 97.7 Å². The van der Waals surface area contributed by atoms with Crippen molar-refractivity contribution in [2.24, 2.45) is 46.3 Å². The smallest absolute Gasteiger partial charge is 0.306 e.